The number of esters is 1. The maximum absolute atomic E-state index is 13.5. The fourth-order valence-electron chi connectivity index (χ4n) is 9.21. The Kier molecular flexibility index (Phi) is 54.3. The highest BCUT2D eigenvalue weighted by Gasteiger charge is 2.27. The average Bonchev–Trinajstić information content (AvgIpc) is 3.38. The van der Waals surface area contributed by atoms with Crippen LogP contribution < -0.4 is 10.2 Å². The molecule has 0 spiro atoms. The molecule has 0 aromatic heterocycles. The maximum Gasteiger partial charge on any atom is 0.306 e. The number of quaternary nitrogens is 1. The van der Waals surface area contributed by atoms with Crippen LogP contribution in [0.5, 0.6) is 0 Å². The lowest BCUT2D eigenvalue weighted by Crippen LogP contribution is -2.47. The van der Waals surface area contributed by atoms with Gasteiger partial charge in [0.05, 0.1) is 33.8 Å². The molecule has 76 heavy (non-hydrogen) atoms. The highest BCUT2D eigenvalue weighted by Crippen LogP contribution is 2.38. The number of rotatable bonds is 58. The smallest absolute Gasteiger partial charge is 0.306 e. The second kappa shape index (κ2) is 56.0. The largest absolute Gasteiger partial charge is 0.756 e. The molecule has 0 saturated heterocycles. The Labute approximate surface area is 471 Å². The molecule has 3 atom stereocenters. The van der Waals surface area contributed by atoms with Gasteiger partial charge in [-0.05, 0) is 76.7 Å². The zero-order valence-electron chi connectivity index (χ0n) is 50.7. The third-order valence-electron chi connectivity index (χ3n) is 14.2. The van der Waals surface area contributed by atoms with E-state index in [1.165, 1.54) is 180 Å². The summed E-state index contributed by atoms with van der Waals surface area (Å²) < 4.78 is 30.3. The number of nitrogens with zero attached hydrogens (tertiary/aromatic N) is 1. The molecule has 0 aliphatic rings. The van der Waals surface area contributed by atoms with E-state index in [1.54, 1.807) is 0 Å². The molecule has 0 heterocycles. The van der Waals surface area contributed by atoms with E-state index in [9.17, 15) is 19.0 Å². The number of ether oxygens (including phenoxy) is 1. The van der Waals surface area contributed by atoms with Gasteiger partial charge in [0.15, 0.2) is 0 Å². The van der Waals surface area contributed by atoms with Gasteiger partial charge in [0.2, 0.25) is 5.91 Å². The number of hydrogen-bond donors (Lipinski definition) is 1. The van der Waals surface area contributed by atoms with Crippen molar-refractivity contribution in [2.45, 2.75) is 309 Å². The van der Waals surface area contributed by atoms with Gasteiger partial charge >= 0.3 is 5.97 Å². The van der Waals surface area contributed by atoms with Crippen LogP contribution in [-0.4, -0.2) is 69.4 Å². The van der Waals surface area contributed by atoms with Gasteiger partial charge in [-0.3, -0.25) is 14.2 Å². The molecule has 444 valence electrons. The van der Waals surface area contributed by atoms with Crippen molar-refractivity contribution in [2.24, 2.45) is 0 Å². The summed E-state index contributed by atoms with van der Waals surface area (Å²) in [6.07, 6.45) is 70.4. The van der Waals surface area contributed by atoms with Crippen LogP contribution in [-0.2, 0) is 27.9 Å². The van der Waals surface area contributed by atoms with Crippen molar-refractivity contribution in [3.63, 3.8) is 0 Å². The quantitative estimate of drug-likeness (QED) is 0.0212. The van der Waals surface area contributed by atoms with E-state index in [0.717, 1.165) is 77.0 Å². The molecule has 1 N–H and O–H groups in total. The van der Waals surface area contributed by atoms with E-state index in [-0.39, 0.29) is 24.9 Å². The lowest BCUT2D eigenvalue weighted by Gasteiger charge is -2.30. The number of hydrogen-bond acceptors (Lipinski definition) is 7. The minimum Gasteiger partial charge on any atom is -0.756 e. The van der Waals surface area contributed by atoms with Crippen LogP contribution in [0.2, 0.25) is 0 Å². The van der Waals surface area contributed by atoms with Gasteiger partial charge in [-0.25, -0.2) is 0 Å². The predicted molar refractivity (Wildman–Crippen MR) is 325 cm³/mol. The van der Waals surface area contributed by atoms with Gasteiger partial charge in [-0.1, -0.05) is 268 Å². The first-order chi connectivity index (χ1) is 36.9. The Bertz CT molecular complexity index is 1490. The van der Waals surface area contributed by atoms with Crippen molar-refractivity contribution in [3.8, 4) is 0 Å². The van der Waals surface area contributed by atoms with Crippen molar-refractivity contribution in [1.82, 2.24) is 5.32 Å². The molecule has 0 aliphatic carbocycles. The number of nitrogens with one attached hydrogen (secondary N) is 1. The van der Waals surface area contributed by atoms with Crippen molar-refractivity contribution in [1.29, 1.82) is 0 Å². The molecule has 9 nitrogen and oxygen atoms in total. The summed E-state index contributed by atoms with van der Waals surface area (Å²) in [5.74, 6) is -0.567. The van der Waals surface area contributed by atoms with Crippen molar-refractivity contribution >= 4 is 19.7 Å². The summed E-state index contributed by atoms with van der Waals surface area (Å²) >= 11 is 0. The van der Waals surface area contributed by atoms with Gasteiger partial charge in [0, 0.05) is 12.8 Å². The van der Waals surface area contributed by atoms with Crippen LogP contribution in [0.1, 0.15) is 297 Å². The van der Waals surface area contributed by atoms with E-state index in [4.69, 9.17) is 13.8 Å². The Morgan fingerprint density at radius 1 is 0.461 bits per heavy atom. The monoisotopic (exact) mass is 1090 g/mol. The van der Waals surface area contributed by atoms with Crippen LogP contribution in [0.4, 0.5) is 0 Å². The molecular formula is C66H123N2O7P. The first kappa shape index (κ1) is 73.7. The third kappa shape index (κ3) is 56.4. The average molecular weight is 1090 g/mol. The van der Waals surface area contributed by atoms with E-state index in [1.807, 2.05) is 33.3 Å². The molecule has 0 aromatic rings. The van der Waals surface area contributed by atoms with E-state index in [2.05, 4.69) is 74.7 Å². The fraction of sp³-hybridized carbons (Fsp3) is 0.818. The van der Waals surface area contributed by atoms with Crippen molar-refractivity contribution in [2.75, 3.05) is 40.9 Å². The molecule has 10 heteroatoms. The maximum atomic E-state index is 13.5. The first-order valence-electron chi connectivity index (χ1n) is 32.1. The summed E-state index contributed by atoms with van der Waals surface area (Å²) in [7, 11) is 1.17. The number of unbranched alkanes of at least 4 members (excludes halogenated alkanes) is 34. The first-order valence-corrected chi connectivity index (χ1v) is 33.6. The van der Waals surface area contributed by atoms with Crippen molar-refractivity contribution < 1.29 is 37.3 Å². The van der Waals surface area contributed by atoms with Crippen LogP contribution in [0.15, 0.2) is 60.8 Å². The standard InChI is InChI=1S/C66H123N2O7P/c1-7-10-13-16-19-22-25-28-30-32-34-36-38-40-43-46-49-52-55-58-65(69)67-63(62-74-76(71,72)73-61-60-68(4,5)6)64(57-54-51-48-45-42-27-24-21-18-15-12-9-3)75-66(70)59-56-53-50-47-44-41-39-37-35-33-31-29-26-23-20-17-14-11-8-2/h20,23,29,31,35,37,41,44,54,57,63-64H,7-19,21-22,24-28,30,32-34,36,38-40,42-43,45-53,55-56,58-62H2,1-6H3,(H-,67,69,71,72)/b23-20-,31-29-,37-35-,44-41-,57-54+. The second-order valence-electron chi connectivity index (χ2n) is 22.9. The lowest BCUT2D eigenvalue weighted by atomic mass is 10.0. The van der Waals surface area contributed by atoms with E-state index in [0.29, 0.717) is 23.9 Å². The number of likely N-dealkylation sites (N-methyl/N-ethyl adjacent to an activating group) is 1. The topological polar surface area (TPSA) is 114 Å². The van der Waals surface area contributed by atoms with Gasteiger partial charge in [0.1, 0.15) is 19.3 Å². The van der Waals surface area contributed by atoms with Gasteiger partial charge in [-0.2, -0.15) is 0 Å². The molecule has 0 radical (unpaired) electrons. The molecule has 0 aromatic carbocycles. The molecule has 0 bridgehead atoms. The summed E-state index contributed by atoms with van der Waals surface area (Å²) in [6.45, 7) is 6.82. The summed E-state index contributed by atoms with van der Waals surface area (Å²) in [4.78, 5) is 40.0. The molecule has 1 amide bonds. The SMILES string of the molecule is CCCCC/C=C\C/C=C\C/C=C\C/C=C\CCCCCC(=O)OC(/C=C/CCCCCCCCCCCC)C(COP(=O)([O-])OCC[N+](C)(C)C)NC(=O)CCCCCCCCCCCCCCCCCCCCC. The Hall–Kier alpha value is -2.29. The minimum atomic E-state index is -4.71. The molecule has 0 aliphatic heterocycles. The van der Waals surface area contributed by atoms with Gasteiger partial charge in [-0.15, -0.1) is 0 Å². The predicted octanol–water partition coefficient (Wildman–Crippen LogP) is 19.2. The van der Waals surface area contributed by atoms with Gasteiger partial charge in [0.25, 0.3) is 7.82 Å². The molecule has 0 fully saturated rings. The summed E-state index contributed by atoms with van der Waals surface area (Å²) in [6, 6.07) is -0.900. The number of amides is 1. The number of phosphoric ester groups is 1. The lowest BCUT2D eigenvalue weighted by molar-refractivity contribution is -0.870. The molecular weight excluding hydrogens is 964 g/mol. The minimum absolute atomic E-state index is 0.0275. The Morgan fingerprint density at radius 3 is 1.24 bits per heavy atom. The number of carbonyl (C=O) groups is 2. The molecule has 0 saturated carbocycles. The van der Waals surface area contributed by atoms with E-state index < -0.39 is 26.6 Å². The highest BCUT2D eigenvalue weighted by atomic mass is 31.2. The van der Waals surface area contributed by atoms with Crippen LogP contribution in [0.3, 0.4) is 0 Å². The normalized spacial score (nSPS) is 14.0. The number of carbonyl (C=O) groups excluding carboxylic acids is 2. The summed E-state index contributed by atoms with van der Waals surface area (Å²) in [5.41, 5.74) is 0. The Balaban J connectivity index is 5.27. The third-order valence-corrected chi connectivity index (χ3v) is 15.2. The zero-order chi connectivity index (χ0) is 55.7. The van der Waals surface area contributed by atoms with Crippen molar-refractivity contribution in [3.05, 3.63) is 60.8 Å². The van der Waals surface area contributed by atoms with Crippen LogP contribution >= 0.6 is 7.82 Å². The zero-order valence-corrected chi connectivity index (χ0v) is 51.6. The number of allylic oxidation sites excluding steroid dienone is 9. The Morgan fingerprint density at radius 2 is 0.803 bits per heavy atom. The van der Waals surface area contributed by atoms with Crippen LogP contribution in [0, 0.1) is 0 Å². The molecule has 3 unspecified atom stereocenters. The highest BCUT2D eigenvalue weighted by molar-refractivity contribution is 7.45. The number of phosphoric acid groups is 1. The van der Waals surface area contributed by atoms with Gasteiger partial charge < -0.3 is 28.5 Å². The summed E-state index contributed by atoms with van der Waals surface area (Å²) in [5, 5.41) is 3.03. The molecule has 0 rings (SSSR count). The van der Waals surface area contributed by atoms with Crippen LogP contribution in [0.25, 0.3) is 0 Å². The fourth-order valence-corrected chi connectivity index (χ4v) is 9.94. The van der Waals surface area contributed by atoms with E-state index >= 15 is 0 Å². The second-order valence-corrected chi connectivity index (χ2v) is 24.3.